The molecule has 2 aromatic carbocycles. The Balaban J connectivity index is 2.23. The summed E-state index contributed by atoms with van der Waals surface area (Å²) in [6.07, 6.45) is 0. The van der Waals surface area contributed by atoms with Crippen LogP contribution in [0.5, 0.6) is 0 Å². The molecule has 3 rings (SSSR count). The van der Waals surface area contributed by atoms with Crippen molar-refractivity contribution in [2.75, 3.05) is 12.4 Å². The third-order valence-electron chi connectivity index (χ3n) is 3.05. The summed E-state index contributed by atoms with van der Waals surface area (Å²) in [4.78, 5) is 4.58. The number of aromatic nitrogens is 1. The van der Waals surface area contributed by atoms with Crippen molar-refractivity contribution in [3.05, 3.63) is 48.0 Å². The van der Waals surface area contributed by atoms with Gasteiger partial charge in [0.05, 0.1) is 5.56 Å². The largest absolute Gasteiger partial charge is 0.436 e. The molecule has 0 amide bonds. The van der Waals surface area contributed by atoms with Gasteiger partial charge in [0.25, 0.3) is 0 Å². The summed E-state index contributed by atoms with van der Waals surface area (Å²) < 4.78 is 5.83. The predicted molar refractivity (Wildman–Crippen MR) is 73.7 cm³/mol. The van der Waals surface area contributed by atoms with E-state index in [4.69, 9.17) is 4.42 Å². The van der Waals surface area contributed by atoms with E-state index in [9.17, 15) is 0 Å². The molecule has 90 valence electrons. The zero-order valence-corrected chi connectivity index (χ0v) is 10.4. The molecule has 18 heavy (non-hydrogen) atoms. The fourth-order valence-electron chi connectivity index (χ4n) is 2.09. The molecule has 1 aromatic heterocycles. The zero-order valence-electron chi connectivity index (χ0n) is 10.4. The van der Waals surface area contributed by atoms with Gasteiger partial charge in [0, 0.05) is 12.7 Å². The first kappa shape index (κ1) is 10.8. The van der Waals surface area contributed by atoms with E-state index in [1.165, 1.54) is 0 Å². The van der Waals surface area contributed by atoms with E-state index in [2.05, 4.69) is 10.3 Å². The van der Waals surface area contributed by atoms with Gasteiger partial charge in [-0.05, 0) is 30.7 Å². The summed E-state index contributed by atoms with van der Waals surface area (Å²) in [6, 6.07) is 14.0. The molecular weight excluding hydrogens is 224 g/mol. The number of nitrogens with zero attached hydrogens (tertiary/aromatic N) is 1. The smallest absolute Gasteiger partial charge is 0.229 e. The van der Waals surface area contributed by atoms with Crippen molar-refractivity contribution in [3.8, 4) is 11.5 Å². The van der Waals surface area contributed by atoms with Crippen LogP contribution in [-0.4, -0.2) is 12.0 Å². The van der Waals surface area contributed by atoms with E-state index in [0.29, 0.717) is 5.89 Å². The highest BCUT2D eigenvalue weighted by molar-refractivity contribution is 5.82. The van der Waals surface area contributed by atoms with Crippen molar-refractivity contribution in [1.82, 2.24) is 4.98 Å². The van der Waals surface area contributed by atoms with Gasteiger partial charge >= 0.3 is 0 Å². The van der Waals surface area contributed by atoms with Crippen LogP contribution in [0, 0.1) is 6.92 Å². The Morgan fingerprint density at radius 3 is 2.67 bits per heavy atom. The SMILES string of the molecule is CNc1ccccc1-c1nc2c(C)cccc2o1. The number of aryl methyl sites for hydroxylation is 1. The van der Waals surface area contributed by atoms with Gasteiger partial charge in [-0.2, -0.15) is 0 Å². The molecule has 0 bridgehead atoms. The molecule has 0 aliphatic rings. The normalized spacial score (nSPS) is 10.8. The number of anilines is 1. The van der Waals surface area contributed by atoms with Crippen LogP contribution in [0.2, 0.25) is 0 Å². The highest BCUT2D eigenvalue weighted by Crippen LogP contribution is 2.30. The van der Waals surface area contributed by atoms with Crippen LogP contribution < -0.4 is 5.32 Å². The number of benzene rings is 2. The molecule has 0 fully saturated rings. The minimum atomic E-state index is 0.657. The molecule has 0 saturated carbocycles. The fraction of sp³-hybridized carbons (Fsp3) is 0.133. The Bertz CT molecular complexity index is 701. The van der Waals surface area contributed by atoms with E-state index in [0.717, 1.165) is 27.9 Å². The van der Waals surface area contributed by atoms with Crippen LogP contribution in [0.3, 0.4) is 0 Å². The topological polar surface area (TPSA) is 38.1 Å². The van der Waals surface area contributed by atoms with Crippen LogP contribution in [0.25, 0.3) is 22.6 Å². The van der Waals surface area contributed by atoms with Gasteiger partial charge in [0.15, 0.2) is 5.58 Å². The summed E-state index contributed by atoms with van der Waals surface area (Å²) in [5, 5.41) is 3.15. The fourth-order valence-corrected chi connectivity index (χ4v) is 2.09. The second kappa shape index (κ2) is 4.18. The standard InChI is InChI=1S/C15H14N2O/c1-10-6-5-9-13-14(10)17-15(18-13)11-7-3-4-8-12(11)16-2/h3-9,16H,1-2H3. The van der Waals surface area contributed by atoms with Crippen LogP contribution in [0.15, 0.2) is 46.9 Å². The maximum absolute atomic E-state index is 5.83. The Morgan fingerprint density at radius 2 is 1.89 bits per heavy atom. The van der Waals surface area contributed by atoms with Gasteiger partial charge in [0.2, 0.25) is 5.89 Å². The first-order valence-corrected chi connectivity index (χ1v) is 5.93. The van der Waals surface area contributed by atoms with Gasteiger partial charge in [0.1, 0.15) is 5.52 Å². The number of para-hydroxylation sites is 2. The quantitative estimate of drug-likeness (QED) is 0.737. The minimum absolute atomic E-state index is 0.657. The van der Waals surface area contributed by atoms with E-state index in [1.54, 1.807) is 0 Å². The van der Waals surface area contributed by atoms with Crippen molar-refractivity contribution >= 4 is 16.8 Å². The van der Waals surface area contributed by atoms with Crippen LogP contribution in [0.1, 0.15) is 5.56 Å². The van der Waals surface area contributed by atoms with Crippen molar-refractivity contribution in [3.63, 3.8) is 0 Å². The highest BCUT2D eigenvalue weighted by atomic mass is 16.3. The van der Waals surface area contributed by atoms with Crippen molar-refractivity contribution in [1.29, 1.82) is 0 Å². The molecule has 0 radical (unpaired) electrons. The summed E-state index contributed by atoms with van der Waals surface area (Å²) in [5.41, 5.74) is 4.89. The number of nitrogens with one attached hydrogen (secondary N) is 1. The van der Waals surface area contributed by atoms with E-state index in [1.807, 2.05) is 56.4 Å². The molecule has 0 aliphatic carbocycles. The molecule has 1 N–H and O–H groups in total. The molecule has 3 heteroatoms. The summed E-state index contributed by atoms with van der Waals surface area (Å²) in [7, 11) is 1.90. The molecule has 0 atom stereocenters. The molecule has 1 heterocycles. The van der Waals surface area contributed by atoms with Gasteiger partial charge < -0.3 is 9.73 Å². The van der Waals surface area contributed by atoms with Gasteiger partial charge in [-0.1, -0.05) is 24.3 Å². The number of fused-ring (bicyclic) bond motifs is 1. The van der Waals surface area contributed by atoms with E-state index in [-0.39, 0.29) is 0 Å². The average molecular weight is 238 g/mol. The van der Waals surface area contributed by atoms with Crippen molar-refractivity contribution in [2.45, 2.75) is 6.92 Å². The minimum Gasteiger partial charge on any atom is -0.436 e. The lowest BCUT2D eigenvalue weighted by Gasteiger charge is -2.04. The Kier molecular flexibility index (Phi) is 2.52. The Morgan fingerprint density at radius 1 is 1.06 bits per heavy atom. The van der Waals surface area contributed by atoms with Gasteiger partial charge in [-0.15, -0.1) is 0 Å². The number of hydrogen-bond donors (Lipinski definition) is 1. The summed E-state index contributed by atoms with van der Waals surface area (Å²) >= 11 is 0. The first-order valence-electron chi connectivity index (χ1n) is 5.93. The Hall–Kier alpha value is -2.29. The molecular formula is C15H14N2O. The monoisotopic (exact) mass is 238 g/mol. The average Bonchev–Trinajstić information content (AvgIpc) is 2.84. The van der Waals surface area contributed by atoms with Gasteiger partial charge in [-0.25, -0.2) is 4.98 Å². The second-order valence-corrected chi connectivity index (χ2v) is 4.24. The summed E-state index contributed by atoms with van der Waals surface area (Å²) in [5.74, 6) is 0.657. The van der Waals surface area contributed by atoms with Crippen LogP contribution in [0.4, 0.5) is 5.69 Å². The second-order valence-electron chi connectivity index (χ2n) is 4.24. The van der Waals surface area contributed by atoms with Crippen LogP contribution in [-0.2, 0) is 0 Å². The summed E-state index contributed by atoms with van der Waals surface area (Å²) in [6.45, 7) is 2.04. The third kappa shape index (κ3) is 1.64. The van der Waals surface area contributed by atoms with Crippen LogP contribution >= 0.6 is 0 Å². The predicted octanol–water partition coefficient (Wildman–Crippen LogP) is 3.84. The number of oxazole rings is 1. The lowest BCUT2D eigenvalue weighted by Crippen LogP contribution is -1.91. The highest BCUT2D eigenvalue weighted by Gasteiger charge is 2.12. The van der Waals surface area contributed by atoms with Crippen molar-refractivity contribution < 1.29 is 4.42 Å². The molecule has 0 aliphatic heterocycles. The van der Waals surface area contributed by atoms with E-state index < -0.39 is 0 Å². The van der Waals surface area contributed by atoms with E-state index >= 15 is 0 Å². The molecule has 0 saturated heterocycles. The van der Waals surface area contributed by atoms with Gasteiger partial charge in [-0.3, -0.25) is 0 Å². The number of hydrogen-bond acceptors (Lipinski definition) is 3. The maximum Gasteiger partial charge on any atom is 0.229 e. The van der Waals surface area contributed by atoms with Crippen molar-refractivity contribution in [2.24, 2.45) is 0 Å². The maximum atomic E-state index is 5.83. The lowest BCUT2D eigenvalue weighted by molar-refractivity contribution is 0.620. The zero-order chi connectivity index (χ0) is 12.5. The molecule has 0 unspecified atom stereocenters. The lowest BCUT2D eigenvalue weighted by atomic mass is 10.2. The first-order chi connectivity index (χ1) is 8.79. The molecule has 3 aromatic rings. The molecule has 0 spiro atoms. The third-order valence-corrected chi connectivity index (χ3v) is 3.05. The molecule has 3 nitrogen and oxygen atoms in total. The number of rotatable bonds is 2. The Labute approximate surface area is 105 Å².